The monoisotopic (exact) mass is 509 g/mol. The Morgan fingerprint density at radius 3 is 2.69 bits per heavy atom. The van der Waals surface area contributed by atoms with Gasteiger partial charge in [-0.3, -0.25) is 14.0 Å². The van der Waals surface area contributed by atoms with Crippen LogP contribution in [-0.4, -0.2) is 78.8 Å². The summed E-state index contributed by atoms with van der Waals surface area (Å²) in [5, 5.41) is 3.36. The molecule has 2 aliphatic rings. The number of rotatable bonds is 5. The number of halogens is 1. The third-order valence-corrected chi connectivity index (χ3v) is 8.21. The summed E-state index contributed by atoms with van der Waals surface area (Å²) < 4.78 is 21.8. The zero-order valence-corrected chi connectivity index (χ0v) is 20.7. The van der Waals surface area contributed by atoms with E-state index in [1.54, 1.807) is 6.07 Å². The van der Waals surface area contributed by atoms with Crippen molar-refractivity contribution in [3.63, 3.8) is 0 Å². The topological polar surface area (TPSA) is 79.2 Å². The molecule has 0 unspecified atom stereocenters. The number of amides is 1. The highest BCUT2D eigenvalue weighted by Gasteiger charge is 2.24. The molecule has 188 valence electrons. The lowest BCUT2D eigenvalue weighted by Crippen LogP contribution is -2.40. The molecule has 0 bridgehead atoms. The fourth-order valence-electron chi connectivity index (χ4n) is 5.09. The second kappa shape index (κ2) is 9.76. The molecule has 3 aromatic heterocycles. The number of ether oxygens (including phenoxy) is 1. The molecule has 6 rings (SSSR count). The average molecular weight is 510 g/mol. The van der Waals surface area contributed by atoms with Crippen molar-refractivity contribution in [2.45, 2.75) is 19.0 Å². The molecule has 0 spiro atoms. The van der Waals surface area contributed by atoms with Gasteiger partial charge in [0.1, 0.15) is 22.4 Å². The number of carbonyl (C=O) groups is 1. The van der Waals surface area contributed by atoms with Gasteiger partial charge in [-0.1, -0.05) is 12.1 Å². The zero-order chi connectivity index (χ0) is 24.6. The van der Waals surface area contributed by atoms with E-state index in [1.165, 1.54) is 11.3 Å². The van der Waals surface area contributed by atoms with Crippen LogP contribution in [0.25, 0.3) is 26.1 Å². The first-order chi connectivity index (χ1) is 17.6. The van der Waals surface area contributed by atoms with Crippen LogP contribution in [0.15, 0.2) is 41.2 Å². The second-order valence-corrected chi connectivity index (χ2v) is 10.4. The largest absolute Gasteiger partial charge is 0.378 e. The molecule has 2 aliphatic heterocycles. The van der Waals surface area contributed by atoms with E-state index in [-0.39, 0.29) is 16.9 Å². The number of alkyl halides is 1. The number of morpholine rings is 1. The van der Waals surface area contributed by atoms with Gasteiger partial charge >= 0.3 is 0 Å². The van der Waals surface area contributed by atoms with Crippen molar-refractivity contribution in [2.24, 2.45) is 0 Å². The molecule has 2 fully saturated rings. The summed E-state index contributed by atoms with van der Waals surface area (Å²) >= 11 is 1.43. The summed E-state index contributed by atoms with van der Waals surface area (Å²) in [5.74, 6) is 0.409. The minimum Gasteiger partial charge on any atom is -0.378 e. The summed E-state index contributed by atoms with van der Waals surface area (Å²) in [7, 11) is 0. The molecule has 0 aliphatic carbocycles. The number of thiazole rings is 1. The number of fused-ring (bicyclic) bond motifs is 5. The highest BCUT2D eigenvalue weighted by Crippen LogP contribution is 2.31. The lowest BCUT2D eigenvalue weighted by molar-refractivity contribution is 0.0941. The van der Waals surface area contributed by atoms with Crippen molar-refractivity contribution in [3.8, 4) is 0 Å². The lowest BCUT2D eigenvalue weighted by Gasteiger charge is -2.28. The Morgan fingerprint density at radius 2 is 1.89 bits per heavy atom. The van der Waals surface area contributed by atoms with Gasteiger partial charge in [0.25, 0.3) is 5.91 Å². The van der Waals surface area contributed by atoms with Crippen LogP contribution in [0.5, 0.6) is 0 Å². The maximum Gasteiger partial charge on any atom is 0.258 e. The van der Waals surface area contributed by atoms with Gasteiger partial charge in [-0.2, -0.15) is 0 Å². The Balaban J connectivity index is 1.40. The molecule has 10 heteroatoms. The number of piperidine rings is 1. The van der Waals surface area contributed by atoms with Gasteiger partial charge in [-0.25, -0.2) is 9.37 Å². The SMILES string of the molecule is O=C(NCCN1CCC(F)CC1)c1c(=O)c2ccc(N3CCOCC3)nc2n2c1sc1ccccc12. The minimum atomic E-state index is -0.730. The van der Waals surface area contributed by atoms with Gasteiger partial charge in [-0.05, 0) is 37.1 Å². The fourth-order valence-corrected chi connectivity index (χ4v) is 6.27. The molecule has 8 nitrogen and oxygen atoms in total. The quantitative estimate of drug-likeness (QED) is 0.446. The number of nitrogens with zero attached hydrogens (tertiary/aromatic N) is 4. The molecule has 2 saturated heterocycles. The molecule has 36 heavy (non-hydrogen) atoms. The molecule has 1 amide bonds. The maximum atomic E-state index is 13.7. The summed E-state index contributed by atoms with van der Waals surface area (Å²) in [6.45, 7) is 5.17. The van der Waals surface area contributed by atoms with Crippen LogP contribution in [0, 0.1) is 0 Å². The van der Waals surface area contributed by atoms with E-state index in [1.807, 2.05) is 34.7 Å². The number of para-hydroxylation sites is 1. The van der Waals surface area contributed by atoms with Gasteiger partial charge in [-0.15, -0.1) is 11.3 Å². The molecule has 5 heterocycles. The summed E-state index contributed by atoms with van der Waals surface area (Å²) in [5.41, 5.74) is 1.31. The average Bonchev–Trinajstić information content (AvgIpc) is 3.29. The van der Waals surface area contributed by atoms with Crippen molar-refractivity contribution in [2.75, 3.05) is 57.4 Å². The Hall–Kier alpha value is -3.08. The normalized spacial score (nSPS) is 17.9. The molecule has 0 radical (unpaired) electrons. The van der Waals surface area contributed by atoms with Crippen LogP contribution in [0.4, 0.5) is 10.2 Å². The zero-order valence-electron chi connectivity index (χ0n) is 19.9. The summed E-state index contributed by atoms with van der Waals surface area (Å²) in [6, 6.07) is 11.5. The van der Waals surface area contributed by atoms with Crippen LogP contribution < -0.4 is 15.6 Å². The van der Waals surface area contributed by atoms with Crippen molar-refractivity contribution in [1.29, 1.82) is 0 Å². The third-order valence-electron chi connectivity index (χ3n) is 7.07. The number of hydrogen-bond acceptors (Lipinski definition) is 7. The predicted molar refractivity (Wildman–Crippen MR) is 140 cm³/mol. The third kappa shape index (κ3) is 4.23. The van der Waals surface area contributed by atoms with E-state index >= 15 is 0 Å². The maximum absolute atomic E-state index is 13.7. The van der Waals surface area contributed by atoms with Gasteiger partial charge in [0.2, 0.25) is 5.43 Å². The number of hydrogen-bond donors (Lipinski definition) is 1. The van der Waals surface area contributed by atoms with E-state index < -0.39 is 6.17 Å². The van der Waals surface area contributed by atoms with E-state index in [9.17, 15) is 14.0 Å². The summed E-state index contributed by atoms with van der Waals surface area (Å²) in [6.07, 6.45) is 0.330. The van der Waals surface area contributed by atoms with Crippen LogP contribution in [-0.2, 0) is 4.74 Å². The van der Waals surface area contributed by atoms with Crippen LogP contribution in [0.1, 0.15) is 23.2 Å². The number of likely N-dealkylation sites (tertiary alicyclic amines) is 1. The number of benzene rings is 1. The first-order valence-electron chi connectivity index (χ1n) is 12.4. The highest BCUT2D eigenvalue weighted by atomic mass is 32.1. The first-order valence-corrected chi connectivity index (χ1v) is 13.3. The molecular weight excluding hydrogens is 481 g/mol. The Labute approximate surface area is 211 Å². The smallest absolute Gasteiger partial charge is 0.258 e. The van der Waals surface area contributed by atoms with E-state index in [2.05, 4.69) is 15.1 Å². The molecule has 1 aromatic carbocycles. The number of pyridine rings is 2. The molecule has 0 saturated carbocycles. The lowest BCUT2D eigenvalue weighted by atomic mass is 10.1. The predicted octanol–water partition coefficient (Wildman–Crippen LogP) is 3.06. The van der Waals surface area contributed by atoms with E-state index in [4.69, 9.17) is 9.72 Å². The van der Waals surface area contributed by atoms with Crippen molar-refractivity contribution < 1.29 is 13.9 Å². The van der Waals surface area contributed by atoms with Crippen LogP contribution in [0.3, 0.4) is 0 Å². The molecular formula is C26H28FN5O3S. The number of anilines is 1. The van der Waals surface area contributed by atoms with Gasteiger partial charge in [0.05, 0.1) is 28.8 Å². The summed E-state index contributed by atoms with van der Waals surface area (Å²) in [4.78, 5) is 36.8. The Morgan fingerprint density at radius 1 is 1.11 bits per heavy atom. The van der Waals surface area contributed by atoms with E-state index in [0.717, 1.165) is 29.1 Å². The fraction of sp³-hybridized carbons (Fsp3) is 0.423. The number of nitrogens with one attached hydrogen (secondary N) is 1. The number of aromatic nitrogens is 2. The molecule has 4 aromatic rings. The molecule has 1 N–H and O–H groups in total. The van der Waals surface area contributed by atoms with Gasteiger partial charge in [0.15, 0.2) is 5.65 Å². The van der Waals surface area contributed by atoms with Crippen molar-refractivity contribution in [1.82, 2.24) is 19.6 Å². The van der Waals surface area contributed by atoms with Crippen LogP contribution >= 0.6 is 11.3 Å². The van der Waals surface area contributed by atoms with E-state index in [0.29, 0.717) is 68.1 Å². The van der Waals surface area contributed by atoms with Crippen LogP contribution in [0.2, 0.25) is 0 Å². The number of carbonyl (C=O) groups excluding carboxylic acids is 1. The van der Waals surface area contributed by atoms with Crippen molar-refractivity contribution >= 4 is 49.1 Å². The standard InChI is InChI=1S/C26H28FN5O3S/c27-17-7-10-30(11-8-17)12-9-28-25(34)22-23(33)18-5-6-21(31-13-15-35-16-14-31)29-24(18)32-19-3-1-2-4-20(19)36-26(22)32/h1-6,17H,7-16H2,(H,28,34). The Kier molecular flexibility index (Phi) is 6.32. The molecule has 0 atom stereocenters. The highest BCUT2D eigenvalue weighted by molar-refractivity contribution is 7.24. The van der Waals surface area contributed by atoms with Gasteiger partial charge in [0, 0.05) is 39.3 Å². The first kappa shape index (κ1) is 23.3. The second-order valence-electron chi connectivity index (χ2n) is 9.33. The minimum absolute atomic E-state index is 0.145. The van der Waals surface area contributed by atoms with Crippen molar-refractivity contribution in [3.05, 3.63) is 52.2 Å². The Bertz CT molecular complexity index is 1490. The van der Waals surface area contributed by atoms with Gasteiger partial charge < -0.3 is 19.9 Å².